The van der Waals surface area contributed by atoms with Crippen LogP contribution in [0.1, 0.15) is 26.7 Å². The van der Waals surface area contributed by atoms with Gasteiger partial charge in [-0.3, -0.25) is 0 Å². The van der Waals surface area contributed by atoms with Crippen LogP contribution in [0.25, 0.3) is 0 Å². The number of rotatable bonds is 4. The van der Waals surface area contributed by atoms with Gasteiger partial charge in [0.1, 0.15) is 0 Å². The molecule has 0 heterocycles. The fourth-order valence-corrected chi connectivity index (χ4v) is 1.08. The van der Waals surface area contributed by atoms with Gasteiger partial charge in [0.25, 0.3) is 0 Å². The summed E-state index contributed by atoms with van der Waals surface area (Å²) in [5.41, 5.74) is -0.463. The molecule has 0 aliphatic rings. The Hall–Kier alpha value is 0.310. The third-order valence-corrected chi connectivity index (χ3v) is 1.83. The van der Waals surface area contributed by atoms with Gasteiger partial charge in [-0.25, -0.2) is 0 Å². The molecule has 9 heavy (non-hydrogen) atoms. The van der Waals surface area contributed by atoms with Gasteiger partial charge < -0.3 is 5.11 Å². The van der Waals surface area contributed by atoms with E-state index in [9.17, 15) is 5.11 Å². The molecule has 1 N–H and O–H groups in total. The molecule has 0 rings (SSSR count). The fourth-order valence-electron chi connectivity index (χ4n) is 0.649. The Morgan fingerprint density at radius 3 is 2.33 bits per heavy atom. The van der Waals surface area contributed by atoms with Gasteiger partial charge in [0.05, 0.1) is 5.60 Å². The van der Waals surface area contributed by atoms with Crippen molar-refractivity contribution in [3.05, 3.63) is 0 Å². The second-order valence-electron chi connectivity index (χ2n) is 2.91. The predicted octanol–water partition coefficient (Wildman–Crippen LogP) is 1.90. The van der Waals surface area contributed by atoms with Gasteiger partial charge in [-0.05, 0) is 38.7 Å². The Labute approximate surface area is 61.8 Å². The molecule has 1 nitrogen and oxygen atoms in total. The van der Waals surface area contributed by atoms with Crippen molar-refractivity contribution in [3.8, 4) is 0 Å². The quantitative estimate of drug-likeness (QED) is 0.614. The van der Waals surface area contributed by atoms with Crippen LogP contribution in [0.2, 0.25) is 0 Å². The van der Waals surface area contributed by atoms with Gasteiger partial charge in [0.2, 0.25) is 0 Å². The van der Waals surface area contributed by atoms with Gasteiger partial charge in [-0.1, -0.05) is 0 Å². The fraction of sp³-hybridized carbons (Fsp3) is 1.00. The lowest BCUT2D eigenvalue weighted by Crippen LogP contribution is -2.18. The van der Waals surface area contributed by atoms with Crippen LogP contribution >= 0.6 is 11.8 Å². The summed E-state index contributed by atoms with van der Waals surface area (Å²) < 4.78 is 0. The largest absolute Gasteiger partial charge is 0.390 e. The SMILES string of the molecule is CSCCCC(C)(C)O. The van der Waals surface area contributed by atoms with Crippen LogP contribution in [0.15, 0.2) is 0 Å². The molecule has 0 atom stereocenters. The minimum absolute atomic E-state index is 0.463. The molecule has 0 bridgehead atoms. The van der Waals surface area contributed by atoms with E-state index in [1.54, 1.807) is 0 Å². The highest BCUT2D eigenvalue weighted by Gasteiger charge is 2.10. The van der Waals surface area contributed by atoms with E-state index in [0.717, 1.165) is 18.6 Å². The summed E-state index contributed by atoms with van der Waals surface area (Å²) in [7, 11) is 0. The standard InChI is InChI=1S/C7H16OS/c1-7(2,8)5-4-6-9-3/h8H,4-6H2,1-3H3. The average Bonchev–Trinajstić information content (AvgIpc) is 1.63. The zero-order chi connectivity index (χ0) is 7.33. The molecule has 0 aromatic heterocycles. The first-order valence-corrected chi connectivity index (χ1v) is 4.67. The number of aliphatic hydroxyl groups is 1. The van der Waals surface area contributed by atoms with Gasteiger partial charge >= 0.3 is 0 Å². The summed E-state index contributed by atoms with van der Waals surface area (Å²) >= 11 is 1.83. The predicted molar refractivity (Wildman–Crippen MR) is 43.9 cm³/mol. The van der Waals surface area contributed by atoms with Gasteiger partial charge in [-0.2, -0.15) is 11.8 Å². The molecular weight excluding hydrogens is 132 g/mol. The Kier molecular flexibility index (Phi) is 4.32. The van der Waals surface area contributed by atoms with Crippen molar-refractivity contribution in [2.24, 2.45) is 0 Å². The molecule has 0 unspecified atom stereocenters. The van der Waals surface area contributed by atoms with E-state index in [0.29, 0.717) is 0 Å². The summed E-state index contributed by atoms with van der Waals surface area (Å²) in [5, 5.41) is 9.24. The van der Waals surface area contributed by atoms with Crippen LogP contribution < -0.4 is 0 Å². The van der Waals surface area contributed by atoms with Crippen LogP contribution in [0, 0.1) is 0 Å². The molecule has 0 saturated heterocycles. The van der Waals surface area contributed by atoms with E-state index in [4.69, 9.17) is 0 Å². The van der Waals surface area contributed by atoms with Crippen LogP contribution in [-0.4, -0.2) is 22.7 Å². The Morgan fingerprint density at radius 2 is 2.00 bits per heavy atom. The van der Waals surface area contributed by atoms with Crippen molar-refractivity contribution in [3.63, 3.8) is 0 Å². The summed E-state index contributed by atoms with van der Waals surface area (Å²) in [4.78, 5) is 0. The van der Waals surface area contributed by atoms with Gasteiger partial charge in [0, 0.05) is 0 Å². The highest BCUT2D eigenvalue weighted by atomic mass is 32.2. The first-order valence-electron chi connectivity index (χ1n) is 3.27. The molecular formula is C7H16OS. The van der Waals surface area contributed by atoms with Crippen molar-refractivity contribution >= 4 is 11.8 Å². The van der Waals surface area contributed by atoms with Crippen LogP contribution in [0.3, 0.4) is 0 Å². The molecule has 0 spiro atoms. The zero-order valence-electron chi connectivity index (χ0n) is 6.48. The lowest BCUT2D eigenvalue weighted by atomic mass is 10.0. The number of hydrogen-bond acceptors (Lipinski definition) is 2. The third kappa shape index (κ3) is 8.31. The van der Waals surface area contributed by atoms with Crippen LogP contribution in [-0.2, 0) is 0 Å². The molecule has 2 heteroatoms. The maximum atomic E-state index is 9.24. The molecule has 0 fully saturated rings. The highest BCUT2D eigenvalue weighted by molar-refractivity contribution is 7.98. The minimum Gasteiger partial charge on any atom is -0.390 e. The van der Waals surface area contributed by atoms with Crippen molar-refractivity contribution in [2.45, 2.75) is 32.3 Å². The smallest absolute Gasteiger partial charge is 0.0592 e. The highest BCUT2D eigenvalue weighted by Crippen LogP contribution is 2.11. The summed E-state index contributed by atoms with van der Waals surface area (Å²) in [5.74, 6) is 1.16. The van der Waals surface area contributed by atoms with Crippen LogP contribution in [0.5, 0.6) is 0 Å². The van der Waals surface area contributed by atoms with Crippen LogP contribution in [0.4, 0.5) is 0 Å². The Bertz CT molecular complexity index is 65.8. The van der Waals surface area contributed by atoms with Crippen molar-refractivity contribution in [1.29, 1.82) is 0 Å². The first-order chi connectivity index (χ1) is 4.06. The lowest BCUT2D eigenvalue weighted by molar-refractivity contribution is 0.0706. The van der Waals surface area contributed by atoms with Gasteiger partial charge in [0.15, 0.2) is 0 Å². The molecule has 0 aromatic rings. The minimum atomic E-state index is -0.463. The van der Waals surface area contributed by atoms with E-state index in [1.807, 2.05) is 25.6 Å². The number of hydrogen-bond donors (Lipinski definition) is 1. The normalized spacial score (nSPS) is 12.0. The van der Waals surface area contributed by atoms with E-state index < -0.39 is 5.60 Å². The second-order valence-corrected chi connectivity index (χ2v) is 3.89. The third-order valence-electron chi connectivity index (χ3n) is 1.14. The first kappa shape index (κ1) is 9.31. The molecule has 0 aliphatic carbocycles. The second kappa shape index (κ2) is 4.18. The van der Waals surface area contributed by atoms with Gasteiger partial charge in [-0.15, -0.1) is 0 Å². The van der Waals surface area contributed by atoms with E-state index in [2.05, 4.69) is 6.26 Å². The number of thioether (sulfide) groups is 1. The molecule has 0 aromatic carbocycles. The summed E-state index contributed by atoms with van der Waals surface area (Å²) in [6.45, 7) is 3.71. The maximum Gasteiger partial charge on any atom is 0.0592 e. The zero-order valence-corrected chi connectivity index (χ0v) is 7.29. The van der Waals surface area contributed by atoms with Crippen molar-refractivity contribution < 1.29 is 5.11 Å². The molecule has 56 valence electrons. The monoisotopic (exact) mass is 148 g/mol. The van der Waals surface area contributed by atoms with E-state index in [-0.39, 0.29) is 0 Å². The van der Waals surface area contributed by atoms with E-state index >= 15 is 0 Å². The van der Waals surface area contributed by atoms with E-state index in [1.165, 1.54) is 0 Å². The lowest BCUT2D eigenvalue weighted by Gasteiger charge is -2.15. The Balaban J connectivity index is 3.07. The molecule has 0 radical (unpaired) electrons. The molecule has 0 amide bonds. The van der Waals surface area contributed by atoms with Crippen molar-refractivity contribution in [2.75, 3.05) is 12.0 Å². The maximum absolute atomic E-state index is 9.24. The topological polar surface area (TPSA) is 20.2 Å². The molecule has 0 aliphatic heterocycles. The molecule has 0 saturated carbocycles. The summed E-state index contributed by atoms with van der Waals surface area (Å²) in [6.07, 6.45) is 4.11. The average molecular weight is 148 g/mol. The van der Waals surface area contributed by atoms with Crippen molar-refractivity contribution in [1.82, 2.24) is 0 Å². The Morgan fingerprint density at radius 1 is 1.44 bits per heavy atom. The summed E-state index contributed by atoms with van der Waals surface area (Å²) in [6, 6.07) is 0.